The van der Waals surface area contributed by atoms with Crippen molar-refractivity contribution in [3.05, 3.63) is 67.7 Å². The second kappa shape index (κ2) is 5.76. The molecule has 1 aliphatic rings. The van der Waals surface area contributed by atoms with Gasteiger partial charge in [-0.05, 0) is 23.8 Å². The van der Waals surface area contributed by atoms with Gasteiger partial charge in [0.15, 0.2) is 0 Å². The van der Waals surface area contributed by atoms with E-state index in [2.05, 4.69) is 4.90 Å². The lowest BCUT2D eigenvalue weighted by Gasteiger charge is -2.19. The summed E-state index contributed by atoms with van der Waals surface area (Å²) >= 11 is 12.0. The molecule has 3 rings (SSSR count). The van der Waals surface area contributed by atoms with E-state index in [9.17, 15) is 10.1 Å². The number of fused-ring (bicyclic) bond motifs is 1. The number of nitrogens with zero attached hydrogens (tertiary/aromatic N) is 2. The van der Waals surface area contributed by atoms with Crippen LogP contribution >= 0.6 is 23.2 Å². The summed E-state index contributed by atoms with van der Waals surface area (Å²) in [7, 11) is 0. The SMILES string of the molecule is NC1CN(Cc2ccc(Cl)c(Cl)c2)c2ccc([N+](=O)[O-])cc21. The van der Waals surface area contributed by atoms with Crippen LogP contribution in [0.2, 0.25) is 10.0 Å². The van der Waals surface area contributed by atoms with Gasteiger partial charge in [0.05, 0.1) is 15.0 Å². The smallest absolute Gasteiger partial charge is 0.269 e. The van der Waals surface area contributed by atoms with E-state index in [0.29, 0.717) is 23.1 Å². The van der Waals surface area contributed by atoms with E-state index in [1.54, 1.807) is 18.2 Å². The minimum atomic E-state index is -0.408. The number of nitro groups is 1. The Morgan fingerprint density at radius 1 is 1.23 bits per heavy atom. The lowest BCUT2D eigenvalue weighted by Crippen LogP contribution is -2.23. The molecule has 5 nitrogen and oxygen atoms in total. The largest absolute Gasteiger partial charge is 0.365 e. The molecule has 114 valence electrons. The summed E-state index contributed by atoms with van der Waals surface area (Å²) in [5, 5.41) is 11.9. The standard InChI is InChI=1S/C15H13Cl2N3O2/c16-12-3-1-9(5-13(12)17)7-19-8-14(18)11-6-10(20(21)22)2-4-15(11)19/h1-6,14H,7-8,18H2. The summed E-state index contributed by atoms with van der Waals surface area (Å²) in [4.78, 5) is 12.6. The molecule has 2 N–H and O–H groups in total. The summed E-state index contributed by atoms with van der Waals surface area (Å²) in [5.41, 5.74) is 8.89. The molecule has 0 aromatic heterocycles. The van der Waals surface area contributed by atoms with Gasteiger partial charge in [-0.3, -0.25) is 10.1 Å². The monoisotopic (exact) mass is 337 g/mol. The Labute approximate surface area is 137 Å². The van der Waals surface area contributed by atoms with E-state index in [1.807, 2.05) is 12.1 Å². The number of hydrogen-bond donors (Lipinski definition) is 1. The van der Waals surface area contributed by atoms with Gasteiger partial charge in [-0.25, -0.2) is 0 Å². The molecule has 22 heavy (non-hydrogen) atoms. The van der Waals surface area contributed by atoms with Crippen molar-refractivity contribution in [1.82, 2.24) is 0 Å². The molecule has 0 radical (unpaired) electrons. The Bertz CT molecular complexity index is 752. The Balaban J connectivity index is 1.89. The predicted octanol–water partition coefficient (Wildman–Crippen LogP) is 3.92. The quantitative estimate of drug-likeness (QED) is 0.680. The highest BCUT2D eigenvalue weighted by Gasteiger charge is 2.28. The van der Waals surface area contributed by atoms with Crippen LogP contribution in [0.25, 0.3) is 0 Å². The summed E-state index contributed by atoms with van der Waals surface area (Å²) in [5.74, 6) is 0. The highest BCUT2D eigenvalue weighted by molar-refractivity contribution is 6.42. The molecule has 1 atom stereocenters. The molecule has 1 unspecified atom stereocenters. The van der Waals surface area contributed by atoms with Crippen LogP contribution in [0.15, 0.2) is 36.4 Å². The van der Waals surface area contributed by atoms with Crippen LogP contribution in [0, 0.1) is 10.1 Å². The normalized spacial score (nSPS) is 16.7. The molecule has 1 aliphatic heterocycles. The van der Waals surface area contributed by atoms with Gasteiger partial charge in [0.2, 0.25) is 0 Å². The minimum absolute atomic E-state index is 0.0607. The zero-order valence-electron chi connectivity index (χ0n) is 11.5. The van der Waals surface area contributed by atoms with E-state index < -0.39 is 4.92 Å². The molecule has 0 saturated heterocycles. The number of nitro benzene ring substituents is 1. The molecule has 0 saturated carbocycles. The van der Waals surface area contributed by atoms with E-state index in [-0.39, 0.29) is 11.7 Å². The number of anilines is 1. The molecule has 2 aromatic rings. The van der Waals surface area contributed by atoms with Crippen LogP contribution in [0.5, 0.6) is 0 Å². The van der Waals surface area contributed by atoms with E-state index in [0.717, 1.165) is 16.8 Å². The first-order valence-corrected chi connectivity index (χ1v) is 7.44. The van der Waals surface area contributed by atoms with Crippen LogP contribution in [-0.2, 0) is 6.54 Å². The van der Waals surface area contributed by atoms with Crippen molar-refractivity contribution < 1.29 is 4.92 Å². The number of halogens is 2. The molecule has 7 heteroatoms. The molecule has 0 aliphatic carbocycles. The highest BCUT2D eigenvalue weighted by Crippen LogP contribution is 2.37. The average Bonchev–Trinajstić information content (AvgIpc) is 2.79. The number of non-ortho nitro benzene ring substituents is 1. The Morgan fingerprint density at radius 3 is 2.68 bits per heavy atom. The van der Waals surface area contributed by atoms with Gasteiger partial charge in [-0.15, -0.1) is 0 Å². The fourth-order valence-electron chi connectivity index (χ4n) is 2.68. The number of rotatable bonds is 3. The first-order chi connectivity index (χ1) is 10.5. The molecule has 0 fully saturated rings. The summed E-state index contributed by atoms with van der Waals surface area (Å²) in [6.45, 7) is 1.23. The fraction of sp³-hybridized carbons (Fsp3) is 0.200. The van der Waals surface area contributed by atoms with Gasteiger partial charge in [-0.1, -0.05) is 29.3 Å². The van der Waals surface area contributed by atoms with Crippen molar-refractivity contribution >= 4 is 34.6 Å². The van der Waals surface area contributed by atoms with Crippen molar-refractivity contribution in [2.75, 3.05) is 11.4 Å². The molecule has 0 bridgehead atoms. The van der Waals surface area contributed by atoms with E-state index in [1.165, 1.54) is 6.07 Å². The van der Waals surface area contributed by atoms with Gasteiger partial charge >= 0.3 is 0 Å². The fourth-order valence-corrected chi connectivity index (χ4v) is 3.00. The van der Waals surface area contributed by atoms with E-state index >= 15 is 0 Å². The van der Waals surface area contributed by atoms with E-state index in [4.69, 9.17) is 28.9 Å². The van der Waals surface area contributed by atoms with Gasteiger partial charge in [0, 0.05) is 42.5 Å². The lowest BCUT2D eigenvalue weighted by atomic mass is 10.1. The van der Waals surface area contributed by atoms with Crippen molar-refractivity contribution in [2.45, 2.75) is 12.6 Å². The average molecular weight is 338 g/mol. The Hall–Kier alpha value is -1.82. The summed E-state index contributed by atoms with van der Waals surface area (Å²) in [6, 6.07) is 10.0. The lowest BCUT2D eigenvalue weighted by molar-refractivity contribution is -0.384. The topological polar surface area (TPSA) is 72.4 Å². The number of nitrogens with two attached hydrogens (primary N) is 1. The Kier molecular flexibility index (Phi) is 3.95. The third kappa shape index (κ3) is 2.75. The number of hydrogen-bond acceptors (Lipinski definition) is 4. The van der Waals surface area contributed by atoms with Crippen molar-refractivity contribution in [1.29, 1.82) is 0 Å². The van der Waals surface area contributed by atoms with Gasteiger partial charge in [0.1, 0.15) is 0 Å². The highest BCUT2D eigenvalue weighted by atomic mass is 35.5. The van der Waals surface area contributed by atoms with Gasteiger partial charge in [-0.2, -0.15) is 0 Å². The Morgan fingerprint density at radius 2 is 2.00 bits per heavy atom. The molecular weight excluding hydrogens is 325 g/mol. The summed E-state index contributed by atoms with van der Waals surface area (Å²) in [6.07, 6.45) is 0. The maximum Gasteiger partial charge on any atom is 0.269 e. The molecule has 0 spiro atoms. The van der Waals surface area contributed by atoms with Gasteiger partial charge < -0.3 is 10.6 Å². The number of benzene rings is 2. The van der Waals surface area contributed by atoms with Crippen LogP contribution in [-0.4, -0.2) is 11.5 Å². The van der Waals surface area contributed by atoms with Crippen LogP contribution < -0.4 is 10.6 Å². The first kappa shape index (κ1) is 15.1. The van der Waals surface area contributed by atoms with Crippen molar-refractivity contribution in [2.24, 2.45) is 5.73 Å². The molecule has 2 aromatic carbocycles. The molecule has 1 heterocycles. The minimum Gasteiger partial charge on any atom is -0.365 e. The van der Waals surface area contributed by atoms with Gasteiger partial charge in [0.25, 0.3) is 5.69 Å². The second-order valence-corrected chi connectivity index (χ2v) is 6.05. The third-order valence-corrected chi connectivity index (χ3v) is 4.48. The molecule has 0 amide bonds. The first-order valence-electron chi connectivity index (χ1n) is 6.68. The zero-order chi connectivity index (χ0) is 15.9. The summed E-state index contributed by atoms with van der Waals surface area (Å²) < 4.78 is 0. The molecular formula is C15H13Cl2N3O2. The third-order valence-electron chi connectivity index (χ3n) is 3.74. The predicted molar refractivity (Wildman–Crippen MR) is 87.5 cm³/mol. The van der Waals surface area contributed by atoms with Crippen molar-refractivity contribution in [3.63, 3.8) is 0 Å². The van der Waals surface area contributed by atoms with Crippen LogP contribution in [0.1, 0.15) is 17.2 Å². The van der Waals surface area contributed by atoms with Crippen molar-refractivity contribution in [3.8, 4) is 0 Å². The van der Waals surface area contributed by atoms with Crippen LogP contribution in [0.3, 0.4) is 0 Å². The maximum atomic E-state index is 10.9. The zero-order valence-corrected chi connectivity index (χ0v) is 13.0. The maximum absolute atomic E-state index is 10.9. The second-order valence-electron chi connectivity index (χ2n) is 5.24. The van der Waals surface area contributed by atoms with Crippen LogP contribution in [0.4, 0.5) is 11.4 Å².